The van der Waals surface area contributed by atoms with E-state index in [4.69, 9.17) is 0 Å². The maximum Gasteiger partial charge on any atom is 0.123 e. The maximum atomic E-state index is 11.9. The SMILES string of the molecule is CC(C)(C)c1cc(-c2ccccc2)cc(C(C)(C)C)c1.Fc1ccccc1. The third-order valence-corrected chi connectivity index (χ3v) is 4.51. The lowest BCUT2D eigenvalue weighted by atomic mass is 9.79. The van der Waals surface area contributed by atoms with E-state index in [2.05, 4.69) is 90.1 Å². The van der Waals surface area contributed by atoms with E-state index >= 15 is 0 Å². The summed E-state index contributed by atoms with van der Waals surface area (Å²) in [4.78, 5) is 0. The minimum atomic E-state index is -0.178. The molecule has 1 heteroatoms. The highest BCUT2D eigenvalue weighted by atomic mass is 19.1. The fourth-order valence-corrected chi connectivity index (χ4v) is 2.71. The van der Waals surface area contributed by atoms with E-state index < -0.39 is 0 Å². The average molecular weight is 363 g/mol. The van der Waals surface area contributed by atoms with Crippen molar-refractivity contribution in [3.8, 4) is 11.1 Å². The number of hydrogen-bond donors (Lipinski definition) is 0. The largest absolute Gasteiger partial charge is 0.207 e. The zero-order valence-corrected chi connectivity index (χ0v) is 17.4. The predicted molar refractivity (Wildman–Crippen MR) is 116 cm³/mol. The van der Waals surface area contributed by atoms with Gasteiger partial charge in [0.05, 0.1) is 0 Å². The van der Waals surface area contributed by atoms with Gasteiger partial charge in [-0.15, -0.1) is 0 Å². The van der Waals surface area contributed by atoms with Gasteiger partial charge in [-0.25, -0.2) is 4.39 Å². The van der Waals surface area contributed by atoms with E-state index in [1.54, 1.807) is 18.2 Å². The van der Waals surface area contributed by atoms with Crippen molar-refractivity contribution < 1.29 is 4.39 Å². The van der Waals surface area contributed by atoms with Crippen LogP contribution in [-0.4, -0.2) is 0 Å². The second-order valence-electron chi connectivity index (χ2n) is 8.96. The second-order valence-corrected chi connectivity index (χ2v) is 8.96. The van der Waals surface area contributed by atoms with Crippen molar-refractivity contribution in [2.24, 2.45) is 0 Å². The van der Waals surface area contributed by atoms with Crippen LogP contribution in [0.4, 0.5) is 4.39 Å². The molecule has 0 amide bonds. The number of hydrogen-bond acceptors (Lipinski definition) is 0. The van der Waals surface area contributed by atoms with Crippen LogP contribution >= 0.6 is 0 Å². The van der Waals surface area contributed by atoms with Gasteiger partial charge < -0.3 is 0 Å². The standard InChI is InChI=1S/C20H26.C6H5F/c1-19(2,3)17-12-16(15-10-8-7-9-11-15)13-18(14-17)20(4,5)6;7-6-4-2-1-3-5-6/h7-14H,1-6H3;1-5H. The van der Waals surface area contributed by atoms with Gasteiger partial charge in [0.2, 0.25) is 0 Å². The van der Waals surface area contributed by atoms with Gasteiger partial charge >= 0.3 is 0 Å². The first-order chi connectivity index (χ1) is 12.6. The van der Waals surface area contributed by atoms with E-state index in [1.165, 1.54) is 34.4 Å². The molecule has 3 rings (SSSR count). The Hall–Kier alpha value is -2.41. The molecule has 0 aliphatic heterocycles. The predicted octanol–water partition coefficient (Wildman–Crippen LogP) is 7.77. The molecule has 0 aliphatic rings. The van der Waals surface area contributed by atoms with Gasteiger partial charge in [-0.2, -0.15) is 0 Å². The molecule has 0 N–H and O–H groups in total. The monoisotopic (exact) mass is 362 g/mol. The topological polar surface area (TPSA) is 0 Å². The Labute approximate surface area is 164 Å². The quantitative estimate of drug-likeness (QED) is 0.414. The number of benzene rings is 3. The van der Waals surface area contributed by atoms with E-state index in [9.17, 15) is 4.39 Å². The molecule has 142 valence electrons. The highest BCUT2D eigenvalue weighted by Gasteiger charge is 2.20. The molecular formula is C26H31F. The molecule has 0 atom stereocenters. The third-order valence-electron chi connectivity index (χ3n) is 4.51. The van der Waals surface area contributed by atoms with Crippen molar-refractivity contribution >= 4 is 0 Å². The van der Waals surface area contributed by atoms with Crippen LogP contribution in [0.3, 0.4) is 0 Å². The Morgan fingerprint density at radius 3 is 1.26 bits per heavy atom. The van der Waals surface area contributed by atoms with Crippen LogP contribution in [-0.2, 0) is 10.8 Å². The van der Waals surface area contributed by atoms with Crippen LogP contribution in [0, 0.1) is 5.82 Å². The van der Waals surface area contributed by atoms with Gasteiger partial charge in [0, 0.05) is 0 Å². The summed E-state index contributed by atoms with van der Waals surface area (Å²) in [7, 11) is 0. The van der Waals surface area contributed by atoms with Crippen LogP contribution in [0.5, 0.6) is 0 Å². The van der Waals surface area contributed by atoms with Crippen molar-refractivity contribution in [1.82, 2.24) is 0 Å². The van der Waals surface area contributed by atoms with Crippen LogP contribution in [0.15, 0.2) is 78.9 Å². The Morgan fingerprint density at radius 2 is 0.926 bits per heavy atom. The average Bonchev–Trinajstić information content (AvgIpc) is 2.62. The molecule has 0 bridgehead atoms. The first-order valence-corrected chi connectivity index (χ1v) is 9.49. The summed E-state index contributed by atoms with van der Waals surface area (Å²) < 4.78 is 11.9. The minimum Gasteiger partial charge on any atom is -0.207 e. The van der Waals surface area contributed by atoms with Gasteiger partial charge in [0.15, 0.2) is 0 Å². The van der Waals surface area contributed by atoms with Crippen molar-refractivity contribution in [3.63, 3.8) is 0 Å². The molecule has 27 heavy (non-hydrogen) atoms. The van der Waals surface area contributed by atoms with Crippen LogP contribution in [0.1, 0.15) is 52.7 Å². The zero-order valence-electron chi connectivity index (χ0n) is 17.4. The number of halogens is 1. The van der Waals surface area contributed by atoms with E-state index in [-0.39, 0.29) is 16.6 Å². The normalized spacial score (nSPS) is 11.5. The molecule has 0 unspecified atom stereocenters. The fourth-order valence-electron chi connectivity index (χ4n) is 2.71. The van der Waals surface area contributed by atoms with Gasteiger partial charge in [-0.3, -0.25) is 0 Å². The smallest absolute Gasteiger partial charge is 0.123 e. The molecule has 0 aromatic heterocycles. The summed E-state index contributed by atoms with van der Waals surface area (Å²) in [5.41, 5.74) is 5.77. The molecule has 0 saturated carbocycles. The van der Waals surface area contributed by atoms with Crippen LogP contribution in [0.25, 0.3) is 11.1 Å². The van der Waals surface area contributed by atoms with E-state index in [0.717, 1.165) is 0 Å². The van der Waals surface area contributed by atoms with Gasteiger partial charge in [0.1, 0.15) is 5.82 Å². The van der Waals surface area contributed by atoms with Crippen LogP contribution in [0.2, 0.25) is 0 Å². The summed E-state index contributed by atoms with van der Waals surface area (Å²) in [6, 6.07) is 25.6. The molecule has 0 spiro atoms. The van der Waals surface area contributed by atoms with Gasteiger partial charge in [-0.1, -0.05) is 108 Å². The molecule has 0 aliphatic carbocycles. The van der Waals surface area contributed by atoms with Crippen molar-refractivity contribution in [2.75, 3.05) is 0 Å². The summed E-state index contributed by atoms with van der Waals surface area (Å²) in [6.45, 7) is 13.7. The second kappa shape index (κ2) is 8.52. The molecule has 0 saturated heterocycles. The fraction of sp³-hybridized carbons (Fsp3) is 0.308. The lowest BCUT2D eigenvalue weighted by Gasteiger charge is -2.26. The van der Waals surface area contributed by atoms with E-state index in [1.807, 2.05) is 0 Å². The molecule has 3 aromatic rings. The Morgan fingerprint density at radius 1 is 0.519 bits per heavy atom. The minimum absolute atomic E-state index is 0.171. The first kappa shape index (κ1) is 20.9. The Balaban J connectivity index is 0.000000313. The Bertz CT molecular complexity index is 803. The highest BCUT2D eigenvalue weighted by molar-refractivity contribution is 5.66. The lowest BCUT2D eigenvalue weighted by Crippen LogP contribution is -2.16. The molecule has 3 aromatic carbocycles. The zero-order chi connectivity index (χ0) is 20.1. The van der Waals surface area contributed by atoms with E-state index in [0.29, 0.717) is 0 Å². The van der Waals surface area contributed by atoms with Gasteiger partial charge in [0.25, 0.3) is 0 Å². The van der Waals surface area contributed by atoms with Crippen LogP contribution < -0.4 is 0 Å². The molecule has 0 nitrogen and oxygen atoms in total. The van der Waals surface area contributed by atoms with Crippen molar-refractivity contribution in [3.05, 3.63) is 95.8 Å². The molecular weight excluding hydrogens is 331 g/mol. The molecule has 0 radical (unpaired) electrons. The Kier molecular flexibility index (Phi) is 6.59. The highest BCUT2D eigenvalue weighted by Crippen LogP contribution is 2.33. The summed E-state index contributed by atoms with van der Waals surface area (Å²) in [6.07, 6.45) is 0. The van der Waals surface area contributed by atoms with Gasteiger partial charge in [-0.05, 0) is 45.2 Å². The first-order valence-electron chi connectivity index (χ1n) is 9.49. The lowest BCUT2D eigenvalue weighted by molar-refractivity contribution is 0.569. The summed E-state index contributed by atoms with van der Waals surface area (Å²) in [5, 5.41) is 0. The third kappa shape index (κ3) is 6.36. The molecule has 0 heterocycles. The number of rotatable bonds is 1. The van der Waals surface area contributed by atoms with Crippen molar-refractivity contribution in [1.29, 1.82) is 0 Å². The summed E-state index contributed by atoms with van der Waals surface area (Å²) in [5.74, 6) is -0.178. The van der Waals surface area contributed by atoms with Crippen molar-refractivity contribution in [2.45, 2.75) is 52.4 Å². The maximum absolute atomic E-state index is 11.9. The summed E-state index contributed by atoms with van der Waals surface area (Å²) >= 11 is 0. The molecule has 0 fully saturated rings.